The van der Waals surface area contributed by atoms with Gasteiger partial charge in [-0.3, -0.25) is 0 Å². The molecule has 0 bridgehead atoms. The van der Waals surface area contributed by atoms with Crippen molar-refractivity contribution in [2.75, 3.05) is 25.0 Å². The Kier molecular flexibility index (Phi) is 4.77. The van der Waals surface area contributed by atoms with Gasteiger partial charge in [0.05, 0.1) is 11.6 Å². The summed E-state index contributed by atoms with van der Waals surface area (Å²) in [5, 5.41) is 18.0. The van der Waals surface area contributed by atoms with Gasteiger partial charge in [0, 0.05) is 23.0 Å². The molecule has 2 aromatic rings. The van der Waals surface area contributed by atoms with Crippen LogP contribution in [-0.4, -0.2) is 19.6 Å². The monoisotopic (exact) mass is 253 g/mol. The van der Waals surface area contributed by atoms with Gasteiger partial charge in [-0.25, -0.2) is 0 Å². The molecule has 98 valence electrons. The molecule has 0 aliphatic heterocycles. The standard InChI is InChI=1S/C16H19N3/c1-2-18-10-5-11-19-16-9-8-13(12-17)14-6-3-4-7-15(14)16/h3-4,6-9,18-19H,2,5,10-11H2,1H3. The van der Waals surface area contributed by atoms with Crippen LogP contribution in [0.25, 0.3) is 10.8 Å². The third-order valence-electron chi connectivity index (χ3n) is 3.14. The lowest BCUT2D eigenvalue weighted by Gasteiger charge is -2.10. The average Bonchev–Trinajstić information content (AvgIpc) is 2.47. The number of benzene rings is 2. The summed E-state index contributed by atoms with van der Waals surface area (Å²) < 4.78 is 0. The van der Waals surface area contributed by atoms with E-state index >= 15 is 0 Å². The molecular formula is C16H19N3. The molecule has 0 aromatic heterocycles. The first kappa shape index (κ1) is 13.4. The SMILES string of the molecule is CCNCCCNc1ccc(C#N)c2ccccc12. The Morgan fingerprint density at radius 3 is 2.58 bits per heavy atom. The molecule has 0 amide bonds. The molecule has 0 spiro atoms. The summed E-state index contributed by atoms with van der Waals surface area (Å²) in [6.45, 7) is 5.09. The zero-order valence-electron chi connectivity index (χ0n) is 11.2. The maximum Gasteiger partial charge on any atom is 0.0998 e. The Labute approximate surface area is 114 Å². The van der Waals surface area contributed by atoms with Gasteiger partial charge in [-0.15, -0.1) is 0 Å². The van der Waals surface area contributed by atoms with Gasteiger partial charge in [0.2, 0.25) is 0 Å². The molecule has 0 fully saturated rings. The first-order valence-electron chi connectivity index (χ1n) is 6.73. The summed E-state index contributed by atoms with van der Waals surface area (Å²) in [7, 11) is 0. The molecule has 2 N–H and O–H groups in total. The van der Waals surface area contributed by atoms with Crippen LogP contribution < -0.4 is 10.6 Å². The van der Waals surface area contributed by atoms with E-state index in [0.717, 1.165) is 48.1 Å². The van der Waals surface area contributed by atoms with Crippen molar-refractivity contribution in [3.63, 3.8) is 0 Å². The van der Waals surface area contributed by atoms with Crippen LogP contribution in [0.4, 0.5) is 5.69 Å². The largest absolute Gasteiger partial charge is 0.384 e. The van der Waals surface area contributed by atoms with Gasteiger partial charge in [0.1, 0.15) is 0 Å². The number of fused-ring (bicyclic) bond motifs is 1. The van der Waals surface area contributed by atoms with E-state index in [1.54, 1.807) is 0 Å². The van der Waals surface area contributed by atoms with Gasteiger partial charge in [0.25, 0.3) is 0 Å². The third kappa shape index (κ3) is 3.24. The van der Waals surface area contributed by atoms with E-state index in [4.69, 9.17) is 5.26 Å². The minimum atomic E-state index is 0.730. The maximum atomic E-state index is 9.12. The number of hydrogen-bond donors (Lipinski definition) is 2. The van der Waals surface area contributed by atoms with E-state index in [-0.39, 0.29) is 0 Å². The predicted octanol–water partition coefficient (Wildman–Crippen LogP) is 3.12. The Morgan fingerprint density at radius 2 is 1.84 bits per heavy atom. The van der Waals surface area contributed by atoms with E-state index in [1.165, 1.54) is 0 Å². The fourth-order valence-electron chi connectivity index (χ4n) is 2.16. The lowest BCUT2D eigenvalue weighted by Crippen LogP contribution is -2.17. The van der Waals surface area contributed by atoms with Gasteiger partial charge >= 0.3 is 0 Å². The van der Waals surface area contributed by atoms with Crippen LogP contribution in [0.2, 0.25) is 0 Å². The highest BCUT2D eigenvalue weighted by Gasteiger charge is 2.04. The van der Waals surface area contributed by atoms with Crippen molar-refractivity contribution < 1.29 is 0 Å². The number of rotatable bonds is 6. The highest BCUT2D eigenvalue weighted by Crippen LogP contribution is 2.26. The van der Waals surface area contributed by atoms with Crippen LogP contribution >= 0.6 is 0 Å². The molecule has 2 rings (SSSR count). The molecule has 0 saturated carbocycles. The molecule has 0 heterocycles. The zero-order chi connectivity index (χ0) is 13.5. The van der Waals surface area contributed by atoms with E-state index in [1.807, 2.05) is 30.3 Å². The Bertz CT molecular complexity index is 584. The topological polar surface area (TPSA) is 47.8 Å². The summed E-state index contributed by atoms with van der Waals surface area (Å²) in [5.74, 6) is 0. The quantitative estimate of drug-likeness (QED) is 0.778. The normalized spacial score (nSPS) is 10.3. The van der Waals surface area contributed by atoms with Gasteiger partial charge in [-0.2, -0.15) is 5.26 Å². The number of anilines is 1. The van der Waals surface area contributed by atoms with Crippen LogP contribution in [-0.2, 0) is 0 Å². The molecule has 3 nitrogen and oxygen atoms in total. The predicted molar refractivity (Wildman–Crippen MR) is 80.3 cm³/mol. The van der Waals surface area contributed by atoms with Crippen LogP contribution in [0, 0.1) is 11.3 Å². The molecule has 0 radical (unpaired) electrons. The molecule has 0 aliphatic carbocycles. The summed E-state index contributed by atoms with van der Waals surface area (Å²) in [5.41, 5.74) is 1.83. The highest BCUT2D eigenvalue weighted by atomic mass is 14.9. The number of nitriles is 1. The van der Waals surface area contributed by atoms with Crippen LogP contribution in [0.3, 0.4) is 0 Å². The minimum absolute atomic E-state index is 0.730. The van der Waals surface area contributed by atoms with Crippen molar-refractivity contribution >= 4 is 16.5 Å². The van der Waals surface area contributed by atoms with Crippen LogP contribution in [0.1, 0.15) is 18.9 Å². The number of hydrogen-bond acceptors (Lipinski definition) is 3. The fraction of sp³-hybridized carbons (Fsp3) is 0.312. The van der Waals surface area contributed by atoms with Gasteiger partial charge in [-0.1, -0.05) is 31.2 Å². The molecule has 0 aliphatic rings. The van der Waals surface area contributed by atoms with E-state index in [0.29, 0.717) is 0 Å². The van der Waals surface area contributed by atoms with Crippen molar-refractivity contribution in [2.24, 2.45) is 0 Å². The Balaban J connectivity index is 2.14. The Hall–Kier alpha value is -2.05. The lowest BCUT2D eigenvalue weighted by molar-refractivity contribution is 0.689. The summed E-state index contributed by atoms with van der Waals surface area (Å²) in [6.07, 6.45) is 1.09. The number of nitrogens with zero attached hydrogens (tertiary/aromatic N) is 1. The van der Waals surface area contributed by atoms with Crippen LogP contribution in [0.15, 0.2) is 36.4 Å². The van der Waals surface area contributed by atoms with Crippen molar-refractivity contribution in [1.29, 1.82) is 5.26 Å². The molecule has 19 heavy (non-hydrogen) atoms. The van der Waals surface area contributed by atoms with E-state index in [2.05, 4.69) is 29.7 Å². The van der Waals surface area contributed by atoms with Crippen molar-refractivity contribution in [1.82, 2.24) is 5.32 Å². The molecule has 0 atom stereocenters. The zero-order valence-corrected chi connectivity index (χ0v) is 11.2. The molecule has 2 aromatic carbocycles. The molecule has 0 unspecified atom stereocenters. The summed E-state index contributed by atoms with van der Waals surface area (Å²) in [4.78, 5) is 0. The number of nitrogens with one attached hydrogen (secondary N) is 2. The average molecular weight is 253 g/mol. The smallest absolute Gasteiger partial charge is 0.0998 e. The molecular weight excluding hydrogens is 234 g/mol. The Morgan fingerprint density at radius 1 is 1.05 bits per heavy atom. The molecule has 3 heteroatoms. The second kappa shape index (κ2) is 6.77. The summed E-state index contributed by atoms with van der Waals surface area (Å²) in [6, 6.07) is 14.2. The van der Waals surface area contributed by atoms with E-state index < -0.39 is 0 Å². The van der Waals surface area contributed by atoms with Crippen molar-refractivity contribution in [3.8, 4) is 6.07 Å². The lowest BCUT2D eigenvalue weighted by atomic mass is 10.0. The van der Waals surface area contributed by atoms with Crippen molar-refractivity contribution in [3.05, 3.63) is 42.0 Å². The highest BCUT2D eigenvalue weighted by molar-refractivity contribution is 5.97. The molecule has 0 saturated heterocycles. The van der Waals surface area contributed by atoms with E-state index in [9.17, 15) is 0 Å². The van der Waals surface area contributed by atoms with Crippen molar-refractivity contribution in [2.45, 2.75) is 13.3 Å². The first-order chi connectivity index (χ1) is 9.36. The second-order valence-electron chi connectivity index (χ2n) is 4.45. The fourth-order valence-corrected chi connectivity index (χ4v) is 2.16. The first-order valence-corrected chi connectivity index (χ1v) is 6.73. The maximum absolute atomic E-state index is 9.12. The van der Waals surface area contributed by atoms with Gasteiger partial charge in [-0.05, 0) is 31.6 Å². The van der Waals surface area contributed by atoms with Gasteiger partial charge < -0.3 is 10.6 Å². The van der Waals surface area contributed by atoms with Gasteiger partial charge in [0.15, 0.2) is 0 Å². The minimum Gasteiger partial charge on any atom is -0.384 e. The second-order valence-corrected chi connectivity index (χ2v) is 4.45. The summed E-state index contributed by atoms with van der Waals surface area (Å²) >= 11 is 0. The third-order valence-corrected chi connectivity index (χ3v) is 3.14. The van der Waals surface area contributed by atoms with Crippen LogP contribution in [0.5, 0.6) is 0 Å².